The minimum atomic E-state index is 0.310. The van der Waals surface area contributed by atoms with Crippen molar-refractivity contribution in [3.63, 3.8) is 0 Å². The molecule has 4 nitrogen and oxygen atoms in total. The van der Waals surface area contributed by atoms with Gasteiger partial charge in [-0.15, -0.1) is 0 Å². The van der Waals surface area contributed by atoms with Gasteiger partial charge in [-0.1, -0.05) is 27.7 Å². The topological polar surface area (TPSA) is 33.1 Å². The molecule has 1 heterocycles. The van der Waals surface area contributed by atoms with Crippen LogP contribution in [0.4, 0.5) is 0 Å². The van der Waals surface area contributed by atoms with Crippen LogP contribution < -0.4 is 5.32 Å². The summed E-state index contributed by atoms with van der Waals surface area (Å²) >= 11 is 0. The molecule has 0 radical (unpaired) electrons. The summed E-state index contributed by atoms with van der Waals surface area (Å²) in [7, 11) is 4.23. The fraction of sp³-hybridized carbons (Fsp3) is 0.800. The fourth-order valence-corrected chi connectivity index (χ4v) is 2.24. The normalized spacial score (nSPS) is 15.2. The van der Waals surface area contributed by atoms with Crippen LogP contribution in [0.25, 0.3) is 0 Å². The first-order valence-electron chi connectivity index (χ1n) is 7.24. The van der Waals surface area contributed by atoms with E-state index in [2.05, 4.69) is 61.6 Å². The van der Waals surface area contributed by atoms with Crippen molar-refractivity contribution in [2.45, 2.75) is 46.7 Å². The second kappa shape index (κ2) is 7.06. The van der Waals surface area contributed by atoms with Crippen molar-refractivity contribution >= 4 is 0 Å². The molecule has 0 amide bonds. The van der Waals surface area contributed by atoms with Crippen LogP contribution in [0.15, 0.2) is 12.4 Å². The highest BCUT2D eigenvalue weighted by molar-refractivity contribution is 4.91. The van der Waals surface area contributed by atoms with Gasteiger partial charge < -0.3 is 9.88 Å². The van der Waals surface area contributed by atoms with E-state index in [1.165, 1.54) is 6.42 Å². The predicted molar refractivity (Wildman–Crippen MR) is 81.1 cm³/mol. The van der Waals surface area contributed by atoms with Crippen LogP contribution >= 0.6 is 0 Å². The third kappa shape index (κ3) is 5.33. The molecule has 110 valence electrons. The van der Waals surface area contributed by atoms with Crippen molar-refractivity contribution in [2.24, 2.45) is 12.5 Å². The van der Waals surface area contributed by atoms with E-state index in [-0.39, 0.29) is 0 Å². The summed E-state index contributed by atoms with van der Waals surface area (Å²) in [4.78, 5) is 6.76. The highest BCUT2D eigenvalue weighted by atomic mass is 15.2. The molecule has 0 aromatic carbocycles. The van der Waals surface area contributed by atoms with E-state index in [0.717, 1.165) is 25.5 Å². The molecule has 0 saturated heterocycles. The Morgan fingerprint density at radius 2 is 2.16 bits per heavy atom. The van der Waals surface area contributed by atoms with Gasteiger partial charge in [-0.2, -0.15) is 0 Å². The SMILES string of the molecule is CCC(C)(CNC(C)C)CN(C)Cc1nccn1C. The Hall–Kier alpha value is -0.870. The number of rotatable bonds is 8. The molecule has 0 bridgehead atoms. The number of hydrogen-bond donors (Lipinski definition) is 1. The van der Waals surface area contributed by atoms with Crippen LogP contribution in [-0.4, -0.2) is 40.6 Å². The first kappa shape index (κ1) is 16.2. The first-order valence-corrected chi connectivity index (χ1v) is 7.24. The molecule has 0 aliphatic rings. The van der Waals surface area contributed by atoms with Crippen molar-refractivity contribution in [1.29, 1.82) is 0 Å². The zero-order valence-corrected chi connectivity index (χ0v) is 13.4. The molecule has 1 unspecified atom stereocenters. The summed E-state index contributed by atoms with van der Waals surface area (Å²) in [5.41, 5.74) is 0.310. The Bertz CT molecular complexity index is 372. The molecule has 19 heavy (non-hydrogen) atoms. The van der Waals surface area contributed by atoms with E-state index in [4.69, 9.17) is 0 Å². The predicted octanol–water partition coefficient (Wildman–Crippen LogP) is 2.27. The minimum Gasteiger partial charge on any atom is -0.337 e. The number of nitrogens with zero attached hydrogens (tertiary/aromatic N) is 3. The van der Waals surface area contributed by atoms with Crippen LogP contribution in [0.1, 0.15) is 39.9 Å². The molecular formula is C15H30N4. The Morgan fingerprint density at radius 1 is 1.47 bits per heavy atom. The Kier molecular flexibility index (Phi) is 6.01. The second-order valence-electron chi connectivity index (χ2n) is 6.33. The summed E-state index contributed by atoms with van der Waals surface area (Å²) in [6.45, 7) is 12.1. The molecule has 0 saturated carbocycles. The molecular weight excluding hydrogens is 236 g/mol. The fourth-order valence-electron chi connectivity index (χ4n) is 2.24. The third-order valence-electron chi connectivity index (χ3n) is 3.77. The second-order valence-corrected chi connectivity index (χ2v) is 6.33. The number of nitrogens with one attached hydrogen (secondary N) is 1. The summed E-state index contributed by atoms with van der Waals surface area (Å²) in [5, 5.41) is 3.57. The molecule has 1 rings (SSSR count). The van der Waals surface area contributed by atoms with E-state index in [1.54, 1.807) is 0 Å². The van der Waals surface area contributed by atoms with Gasteiger partial charge in [0.2, 0.25) is 0 Å². The largest absolute Gasteiger partial charge is 0.337 e. The zero-order chi connectivity index (χ0) is 14.5. The quantitative estimate of drug-likeness (QED) is 0.783. The average Bonchev–Trinajstić information content (AvgIpc) is 2.72. The van der Waals surface area contributed by atoms with Gasteiger partial charge in [0.25, 0.3) is 0 Å². The molecule has 0 aliphatic carbocycles. The Labute approximate surface area is 118 Å². The molecule has 1 aromatic rings. The van der Waals surface area contributed by atoms with E-state index < -0.39 is 0 Å². The van der Waals surface area contributed by atoms with Crippen molar-refractivity contribution in [2.75, 3.05) is 20.1 Å². The van der Waals surface area contributed by atoms with Gasteiger partial charge in [-0.25, -0.2) is 4.98 Å². The van der Waals surface area contributed by atoms with Crippen molar-refractivity contribution in [3.8, 4) is 0 Å². The van der Waals surface area contributed by atoms with E-state index >= 15 is 0 Å². The van der Waals surface area contributed by atoms with E-state index in [9.17, 15) is 0 Å². The van der Waals surface area contributed by atoms with Gasteiger partial charge in [0.15, 0.2) is 0 Å². The van der Waals surface area contributed by atoms with Crippen LogP contribution in [0, 0.1) is 5.41 Å². The summed E-state index contributed by atoms with van der Waals surface area (Å²) in [6, 6.07) is 0.547. The lowest BCUT2D eigenvalue weighted by molar-refractivity contribution is 0.168. The molecule has 1 atom stereocenters. The maximum absolute atomic E-state index is 4.39. The lowest BCUT2D eigenvalue weighted by Gasteiger charge is -2.34. The lowest BCUT2D eigenvalue weighted by atomic mass is 9.86. The molecule has 0 spiro atoms. The van der Waals surface area contributed by atoms with E-state index in [0.29, 0.717) is 11.5 Å². The van der Waals surface area contributed by atoms with Crippen LogP contribution in [0.2, 0.25) is 0 Å². The van der Waals surface area contributed by atoms with Gasteiger partial charge in [0, 0.05) is 38.6 Å². The zero-order valence-electron chi connectivity index (χ0n) is 13.4. The lowest BCUT2D eigenvalue weighted by Crippen LogP contribution is -2.42. The van der Waals surface area contributed by atoms with Crippen LogP contribution in [0.5, 0.6) is 0 Å². The Morgan fingerprint density at radius 3 is 2.63 bits per heavy atom. The summed E-state index contributed by atoms with van der Waals surface area (Å²) in [5.74, 6) is 1.12. The van der Waals surface area contributed by atoms with Crippen molar-refractivity contribution in [3.05, 3.63) is 18.2 Å². The highest BCUT2D eigenvalue weighted by Gasteiger charge is 2.24. The van der Waals surface area contributed by atoms with Crippen molar-refractivity contribution < 1.29 is 0 Å². The van der Waals surface area contributed by atoms with Gasteiger partial charge in [-0.05, 0) is 18.9 Å². The van der Waals surface area contributed by atoms with Gasteiger partial charge >= 0.3 is 0 Å². The number of hydrogen-bond acceptors (Lipinski definition) is 3. The maximum atomic E-state index is 4.39. The molecule has 1 aromatic heterocycles. The third-order valence-corrected chi connectivity index (χ3v) is 3.77. The highest BCUT2D eigenvalue weighted by Crippen LogP contribution is 2.22. The maximum Gasteiger partial charge on any atom is 0.122 e. The Balaban J connectivity index is 2.52. The molecule has 0 aliphatic heterocycles. The average molecular weight is 266 g/mol. The molecule has 4 heteroatoms. The molecule has 1 N–H and O–H groups in total. The van der Waals surface area contributed by atoms with Crippen LogP contribution in [-0.2, 0) is 13.6 Å². The minimum absolute atomic E-state index is 0.310. The van der Waals surface area contributed by atoms with E-state index in [1.807, 2.05) is 12.4 Å². The monoisotopic (exact) mass is 266 g/mol. The standard InChI is InChI=1S/C15H30N4/c1-7-15(4,11-17-13(2)3)12-18(5)10-14-16-8-9-19(14)6/h8-9,13,17H,7,10-12H2,1-6H3. The van der Waals surface area contributed by atoms with Crippen molar-refractivity contribution in [1.82, 2.24) is 19.8 Å². The smallest absolute Gasteiger partial charge is 0.122 e. The van der Waals surface area contributed by atoms with Gasteiger partial charge in [0.05, 0.1) is 6.54 Å². The van der Waals surface area contributed by atoms with Crippen LogP contribution in [0.3, 0.4) is 0 Å². The number of aromatic nitrogens is 2. The summed E-state index contributed by atoms with van der Waals surface area (Å²) < 4.78 is 2.09. The number of imidazole rings is 1. The van der Waals surface area contributed by atoms with Gasteiger partial charge in [0.1, 0.15) is 5.82 Å². The van der Waals surface area contributed by atoms with Gasteiger partial charge in [-0.3, -0.25) is 4.90 Å². The molecule has 0 fully saturated rings. The summed E-state index contributed by atoms with van der Waals surface area (Å²) in [6.07, 6.45) is 5.04. The first-order chi connectivity index (χ1) is 8.86. The number of aryl methyl sites for hydroxylation is 1.